The lowest BCUT2D eigenvalue weighted by molar-refractivity contribution is 0.102. The number of pyridine rings is 1. The molecule has 2 amide bonds. The average molecular weight is 286 g/mol. The Labute approximate surface area is 121 Å². The second kappa shape index (κ2) is 6.38. The van der Waals surface area contributed by atoms with Crippen LogP contribution in [0, 0.1) is 0 Å². The molecule has 0 radical (unpaired) electrons. The molecular weight excluding hydrogens is 272 g/mol. The van der Waals surface area contributed by atoms with Gasteiger partial charge in [-0.3, -0.25) is 10.1 Å². The molecule has 1 aromatic heterocycles. The number of anilines is 3. The summed E-state index contributed by atoms with van der Waals surface area (Å²) in [6, 6.07) is 9.86. The first-order valence-electron chi connectivity index (χ1n) is 6.07. The minimum absolute atomic E-state index is 0.142. The van der Waals surface area contributed by atoms with Crippen LogP contribution in [-0.2, 0) is 4.74 Å². The molecule has 2 aromatic rings. The van der Waals surface area contributed by atoms with Crippen molar-refractivity contribution in [3.63, 3.8) is 0 Å². The molecule has 0 aliphatic rings. The van der Waals surface area contributed by atoms with Gasteiger partial charge in [0.1, 0.15) is 0 Å². The molecule has 0 bridgehead atoms. The molecule has 0 unspecified atom stereocenters. The van der Waals surface area contributed by atoms with Crippen LogP contribution in [0.5, 0.6) is 0 Å². The van der Waals surface area contributed by atoms with Gasteiger partial charge in [-0.15, -0.1) is 0 Å². The normalized spacial score (nSPS) is 9.76. The van der Waals surface area contributed by atoms with Gasteiger partial charge in [0.2, 0.25) is 0 Å². The summed E-state index contributed by atoms with van der Waals surface area (Å²) < 4.78 is 4.50. The Morgan fingerprint density at radius 1 is 1.14 bits per heavy atom. The van der Waals surface area contributed by atoms with Gasteiger partial charge in [0, 0.05) is 17.6 Å². The first-order valence-corrected chi connectivity index (χ1v) is 6.07. The molecule has 1 aromatic carbocycles. The van der Waals surface area contributed by atoms with Crippen molar-refractivity contribution in [1.82, 2.24) is 4.98 Å². The number of nitrogens with one attached hydrogen (secondary N) is 2. The van der Waals surface area contributed by atoms with Crippen LogP contribution >= 0.6 is 0 Å². The van der Waals surface area contributed by atoms with E-state index < -0.39 is 12.0 Å². The SMILES string of the molecule is COC(=O)Nc1cccc(NC(=O)c2ncccc2N)c1. The molecule has 0 spiro atoms. The van der Waals surface area contributed by atoms with Gasteiger partial charge in [-0.05, 0) is 30.3 Å². The molecule has 0 saturated carbocycles. The topological polar surface area (TPSA) is 106 Å². The van der Waals surface area contributed by atoms with Gasteiger partial charge in [0.05, 0.1) is 12.8 Å². The lowest BCUT2D eigenvalue weighted by Gasteiger charge is -2.08. The molecule has 21 heavy (non-hydrogen) atoms. The number of hydrogen-bond donors (Lipinski definition) is 3. The molecule has 0 fully saturated rings. The number of methoxy groups -OCH3 is 1. The Morgan fingerprint density at radius 2 is 1.86 bits per heavy atom. The van der Waals surface area contributed by atoms with E-state index >= 15 is 0 Å². The van der Waals surface area contributed by atoms with Crippen molar-refractivity contribution >= 4 is 29.1 Å². The number of benzene rings is 1. The zero-order chi connectivity index (χ0) is 15.2. The summed E-state index contributed by atoms with van der Waals surface area (Å²) in [6.07, 6.45) is 0.896. The number of ether oxygens (including phenoxy) is 1. The minimum Gasteiger partial charge on any atom is -0.453 e. The molecule has 7 nitrogen and oxygen atoms in total. The van der Waals surface area contributed by atoms with Crippen molar-refractivity contribution in [2.24, 2.45) is 0 Å². The quantitative estimate of drug-likeness (QED) is 0.801. The summed E-state index contributed by atoms with van der Waals surface area (Å²) in [4.78, 5) is 27.1. The summed E-state index contributed by atoms with van der Waals surface area (Å²) >= 11 is 0. The van der Waals surface area contributed by atoms with Crippen LogP contribution in [0.3, 0.4) is 0 Å². The zero-order valence-corrected chi connectivity index (χ0v) is 11.3. The molecule has 4 N–H and O–H groups in total. The Bertz CT molecular complexity index is 673. The number of aromatic nitrogens is 1. The molecule has 2 rings (SSSR count). The van der Waals surface area contributed by atoms with Gasteiger partial charge < -0.3 is 15.8 Å². The average Bonchev–Trinajstić information content (AvgIpc) is 2.47. The first-order chi connectivity index (χ1) is 10.1. The van der Waals surface area contributed by atoms with Crippen LogP contribution < -0.4 is 16.4 Å². The number of hydrogen-bond acceptors (Lipinski definition) is 5. The molecule has 108 valence electrons. The standard InChI is InChI=1S/C14H14N4O3/c1-21-14(20)18-10-5-2-4-9(8-10)17-13(19)12-11(15)6-3-7-16-12/h2-8H,15H2,1H3,(H,17,19)(H,18,20). The zero-order valence-electron chi connectivity index (χ0n) is 11.3. The minimum atomic E-state index is -0.590. The summed E-state index contributed by atoms with van der Waals surface area (Å²) in [6.45, 7) is 0. The van der Waals surface area contributed by atoms with Crippen molar-refractivity contribution in [3.05, 3.63) is 48.3 Å². The van der Waals surface area contributed by atoms with E-state index in [2.05, 4.69) is 20.4 Å². The third-order valence-corrected chi connectivity index (χ3v) is 2.61. The maximum absolute atomic E-state index is 12.1. The molecule has 0 aliphatic carbocycles. The van der Waals surface area contributed by atoms with Crippen molar-refractivity contribution in [1.29, 1.82) is 0 Å². The second-order valence-electron chi connectivity index (χ2n) is 4.09. The predicted octanol–water partition coefficient (Wildman–Crippen LogP) is 2.09. The van der Waals surface area contributed by atoms with Crippen LogP contribution in [-0.4, -0.2) is 24.1 Å². The highest BCUT2D eigenvalue weighted by Gasteiger charge is 2.11. The van der Waals surface area contributed by atoms with E-state index in [-0.39, 0.29) is 5.69 Å². The van der Waals surface area contributed by atoms with Crippen molar-refractivity contribution in [2.75, 3.05) is 23.5 Å². The maximum Gasteiger partial charge on any atom is 0.411 e. The number of rotatable bonds is 3. The second-order valence-corrected chi connectivity index (χ2v) is 4.09. The monoisotopic (exact) mass is 286 g/mol. The predicted molar refractivity (Wildman–Crippen MR) is 79.1 cm³/mol. The third-order valence-electron chi connectivity index (χ3n) is 2.61. The molecule has 0 saturated heterocycles. The molecule has 1 heterocycles. The Morgan fingerprint density at radius 3 is 2.52 bits per heavy atom. The maximum atomic E-state index is 12.1. The Balaban J connectivity index is 2.13. The lowest BCUT2D eigenvalue weighted by Crippen LogP contribution is -2.16. The number of nitrogen functional groups attached to an aromatic ring is 1. The van der Waals surface area contributed by atoms with E-state index in [0.717, 1.165) is 0 Å². The summed E-state index contributed by atoms with van der Waals surface area (Å²) in [5, 5.41) is 5.16. The van der Waals surface area contributed by atoms with Crippen molar-refractivity contribution in [3.8, 4) is 0 Å². The Hall–Kier alpha value is -3.09. The van der Waals surface area contributed by atoms with Gasteiger partial charge in [0.25, 0.3) is 5.91 Å². The highest BCUT2D eigenvalue weighted by atomic mass is 16.5. The van der Waals surface area contributed by atoms with Crippen LogP contribution in [0.25, 0.3) is 0 Å². The number of carbonyl (C=O) groups is 2. The molecule has 0 aliphatic heterocycles. The number of nitrogens with two attached hydrogens (primary N) is 1. The highest BCUT2D eigenvalue weighted by Crippen LogP contribution is 2.17. The number of nitrogens with zero attached hydrogens (tertiary/aromatic N) is 1. The number of amides is 2. The fourth-order valence-electron chi connectivity index (χ4n) is 1.64. The fraction of sp³-hybridized carbons (Fsp3) is 0.0714. The van der Waals surface area contributed by atoms with E-state index in [0.29, 0.717) is 17.1 Å². The first kappa shape index (κ1) is 14.3. The van der Waals surface area contributed by atoms with E-state index in [4.69, 9.17) is 5.73 Å². The van der Waals surface area contributed by atoms with Gasteiger partial charge in [0.15, 0.2) is 5.69 Å². The van der Waals surface area contributed by atoms with E-state index in [1.54, 1.807) is 36.4 Å². The van der Waals surface area contributed by atoms with Crippen molar-refractivity contribution < 1.29 is 14.3 Å². The molecule has 0 atom stereocenters. The number of carbonyl (C=O) groups excluding carboxylic acids is 2. The summed E-state index contributed by atoms with van der Waals surface area (Å²) in [5.74, 6) is -0.427. The van der Waals surface area contributed by atoms with Gasteiger partial charge in [-0.2, -0.15) is 0 Å². The van der Waals surface area contributed by atoms with Crippen LogP contribution in [0.1, 0.15) is 10.5 Å². The van der Waals surface area contributed by atoms with E-state index in [1.807, 2.05) is 0 Å². The van der Waals surface area contributed by atoms with Crippen LogP contribution in [0.4, 0.5) is 21.9 Å². The fourth-order valence-corrected chi connectivity index (χ4v) is 1.64. The van der Waals surface area contributed by atoms with Gasteiger partial charge in [-0.1, -0.05) is 6.07 Å². The summed E-state index contributed by atoms with van der Waals surface area (Å²) in [7, 11) is 1.27. The summed E-state index contributed by atoms with van der Waals surface area (Å²) in [5.41, 5.74) is 7.12. The van der Waals surface area contributed by atoms with Gasteiger partial charge >= 0.3 is 6.09 Å². The van der Waals surface area contributed by atoms with Crippen LogP contribution in [0.2, 0.25) is 0 Å². The van der Waals surface area contributed by atoms with Crippen molar-refractivity contribution in [2.45, 2.75) is 0 Å². The van der Waals surface area contributed by atoms with Gasteiger partial charge in [-0.25, -0.2) is 9.78 Å². The van der Waals surface area contributed by atoms with Crippen LogP contribution in [0.15, 0.2) is 42.6 Å². The third kappa shape index (κ3) is 3.69. The lowest BCUT2D eigenvalue weighted by atomic mass is 10.2. The largest absolute Gasteiger partial charge is 0.453 e. The molecular formula is C14H14N4O3. The Kier molecular flexibility index (Phi) is 4.35. The molecule has 7 heteroatoms. The van der Waals surface area contributed by atoms with E-state index in [9.17, 15) is 9.59 Å². The smallest absolute Gasteiger partial charge is 0.411 e. The van der Waals surface area contributed by atoms with E-state index in [1.165, 1.54) is 13.3 Å². The highest BCUT2D eigenvalue weighted by molar-refractivity contribution is 6.06.